The van der Waals surface area contributed by atoms with Crippen molar-refractivity contribution in [3.8, 4) is 0 Å². The van der Waals surface area contributed by atoms with Crippen LogP contribution in [0.25, 0.3) is 11.2 Å². The first-order valence-corrected chi connectivity index (χ1v) is 13.0. The number of imidazole rings is 1. The van der Waals surface area contributed by atoms with E-state index in [-0.39, 0.29) is 12.3 Å². The molecule has 0 bridgehead atoms. The minimum atomic E-state index is -0.431. The Balaban J connectivity index is 1.27. The van der Waals surface area contributed by atoms with Crippen LogP contribution in [-0.2, 0) is 14.3 Å². The minimum Gasteiger partial charge on any atom is -0.378 e. The van der Waals surface area contributed by atoms with Crippen LogP contribution in [0.1, 0.15) is 37.8 Å². The van der Waals surface area contributed by atoms with Crippen molar-refractivity contribution in [2.24, 2.45) is 0 Å². The number of anilines is 3. The summed E-state index contributed by atoms with van der Waals surface area (Å²) in [5, 5.41) is 12.0. The summed E-state index contributed by atoms with van der Waals surface area (Å²) >= 11 is 0. The summed E-state index contributed by atoms with van der Waals surface area (Å²) in [5.41, 5.74) is 6.21. The molecule has 2 aromatic heterocycles. The van der Waals surface area contributed by atoms with E-state index in [9.17, 15) is 9.59 Å². The van der Waals surface area contributed by atoms with Gasteiger partial charge in [0.1, 0.15) is 0 Å². The van der Waals surface area contributed by atoms with Crippen molar-refractivity contribution in [3.63, 3.8) is 0 Å². The molecule has 0 radical (unpaired) electrons. The Morgan fingerprint density at radius 1 is 1.05 bits per heavy atom. The second-order valence-corrected chi connectivity index (χ2v) is 9.48. The van der Waals surface area contributed by atoms with Crippen molar-refractivity contribution in [1.82, 2.24) is 24.7 Å². The first kappa shape index (κ1) is 25.7. The molecule has 11 nitrogen and oxygen atoms in total. The zero-order valence-corrected chi connectivity index (χ0v) is 21.3. The highest BCUT2D eigenvalue weighted by atomic mass is 16.5. The first-order chi connectivity index (χ1) is 18.6. The highest BCUT2D eigenvalue weighted by Crippen LogP contribution is 2.27. The Morgan fingerprint density at radius 2 is 1.84 bits per heavy atom. The van der Waals surface area contributed by atoms with Gasteiger partial charge in [0.2, 0.25) is 11.8 Å². The Kier molecular flexibility index (Phi) is 8.15. The van der Waals surface area contributed by atoms with Crippen LogP contribution in [0.2, 0.25) is 0 Å². The van der Waals surface area contributed by atoms with Crippen LogP contribution in [0.3, 0.4) is 0 Å². The molecule has 11 heteroatoms. The maximum atomic E-state index is 12.8. The number of morpholine rings is 1. The molecule has 0 spiro atoms. The van der Waals surface area contributed by atoms with Crippen LogP contribution in [0, 0.1) is 0 Å². The molecule has 0 aliphatic carbocycles. The summed E-state index contributed by atoms with van der Waals surface area (Å²) in [5.74, 6) is 0.277. The molecule has 200 valence electrons. The summed E-state index contributed by atoms with van der Waals surface area (Å²) in [6.07, 6.45) is 10.2. The van der Waals surface area contributed by atoms with Gasteiger partial charge in [-0.15, -0.1) is 0 Å². The van der Waals surface area contributed by atoms with E-state index in [2.05, 4.69) is 33.4 Å². The third-order valence-corrected chi connectivity index (χ3v) is 6.88. The van der Waals surface area contributed by atoms with Crippen molar-refractivity contribution >= 4 is 40.2 Å². The van der Waals surface area contributed by atoms with Gasteiger partial charge >= 0.3 is 0 Å². The van der Waals surface area contributed by atoms with Gasteiger partial charge < -0.3 is 24.3 Å². The second-order valence-electron chi connectivity index (χ2n) is 9.48. The van der Waals surface area contributed by atoms with E-state index in [1.165, 1.54) is 5.69 Å². The third kappa shape index (κ3) is 6.12. The number of rotatable bonds is 9. The summed E-state index contributed by atoms with van der Waals surface area (Å²) in [6.45, 7) is 4.42. The largest absolute Gasteiger partial charge is 0.378 e. The Hall–Kier alpha value is -3.96. The maximum absolute atomic E-state index is 12.8. The number of nitrogens with one attached hydrogen (secondary N) is 2. The fraction of sp³-hybridized carbons (Fsp3) is 0.407. The van der Waals surface area contributed by atoms with Gasteiger partial charge in [-0.25, -0.2) is 15.4 Å². The number of unbranched alkanes of at least 4 members (excludes halogenated alkanes) is 1. The zero-order valence-electron chi connectivity index (χ0n) is 21.3. The highest BCUT2D eigenvalue weighted by molar-refractivity contribution is 5.81. The fourth-order valence-corrected chi connectivity index (χ4v) is 4.80. The van der Waals surface area contributed by atoms with Gasteiger partial charge in [0.25, 0.3) is 0 Å². The Bertz CT molecular complexity index is 1300. The summed E-state index contributed by atoms with van der Waals surface area (Å²) in [4.78, 5) is 37.5. The van der Waals surface area contributed by atoms with Crippen LogP contribution >= 0.6 is 0 Å². The quantitative estimate of drug-likeness (QED) is 0.224. The predicted molar refractivity (Wildman–Crippen MR) is 143 cm³/mol. The van der Waals surface area contributed by atoms with Crippen LogP contribution in [-0.4, -0.2) is 75.7 Å². The number of aromatic nitrogens is 3. The smallest absolute Gasteiger partial charge is 0.243 e. The normalized spacial score (nSPS) is 15.9. The fourth-order valence-electron chi connectivity index (χ4n) is 4.80. The number of carbonyl (C=O) groups is 2. The van der Waals surface area contributed by atoms with E-state index < -0.39 is 5.91 Å². The topological polar surface area (TPSA) is 124 Å². The monoisotopic (exact) mass is 519 g/mol. The average Bonchev–Trinajstić information content (AvgIpc) is 3.45. The highest BCUT2D eigenvalue weighted by Gasteiger charge is 2.21. The molecular weight excluding hydrogens is 486 g/mol. The van der Waals surface area contributed by atoms with Gasteiger partial charge in [-0.2, -0.15) is 0 Å². The number of fused-ring (bicyclic) bond motifs is 1. The summed E-state index contributed by atoms with van der Waals surface area (Å²) in [7, 11) is 0. The lowest BCUT2D eigenvalue weighted by Gasteiger charge is -2.29. The Morgan fingerprint density at radius 3 is 2.63 bits per heavy atom. The van der Waals surface area contributed by atoms with Gasteiger partial charge in [-0.05, 0) is 49.1 Å². The van der Waals surface area contributed by atoms with E-state index in [0.29, 0.717) is 38.2 Å². The van der Waals surface area contributed by atoms with Gasteiger partial charge in [-0.3, -0.25) is 14.8 Å². The number of nitrogens with zero attached hydrogens (tertiary/aromatic N) is 5. The standard InChI is InChI=1S/C27H33N7O4/c35-24(31-37)5-1-2-6-25(36)33-12-3-4-20(18-33)23-19-34-13-11-28-27(34)26(30-23)29-21-7-9-22(10-8-21)32-14-16-38-17-15-32/h4,7-11,13,19,37H,1-3,5-6,12,14-18H2,(H,29,30)(H,31,35). The second kappa shape index (κ2) is 12.1. The number of carbonyl (C=O) groups excluding carboxylic acids is 2. The van der Waals surface area contributed by atoms with Crippen molar-refractivity contribution < 1.29 is 19.5 Å². The molecule has 1 aromatic carbocycles. The van der Waals surface area contributed by atoms with Gasteiger partial charge in [-0.1, -0.05) is 6.08 Å². The number of amides is 2. The molecule has 1 fully saturated rings. The first-order valence-electron chi connectivity index (χ1n) is 13.0. The van der Waals surface area contributed by atoms with Crippen LogP contribution in [0.15, 0.2) is 48.9 Å². The molecule has 5 rings (SSSR count). The molecule has 2 aliphatic rings. The van der Waals surface area contributed by atoms with Crippen LogP contribution in [0.5, 0.6) is 0 Å². The third-order valence-electron chi connectivity index (χ3n) is 6.88. The lowest BCUT2D eigenvalue weighted by atomic mass is 10.1. The molecule has 0 unspecified atom stereocenters. The lowest BCUT2D eigenvalue weighted by Crippen LogP contribution is -2.36. The molecule has 3 N–H and O–H groups in total. The van der Waals surface area contributed by atoms with E-state index in [0.717, 1.165) is 55.3 Å². The molecule has 0 saturated carbocycles. The van der Waals surface area contributed by atoms with Gasteiger partial charge in [0.05, 0.1) is 18.9 Å². The summed E-state index contributed by atoms with van der Waals surface area (Å²) in [6, 6.07) is 8.29. The zero-order chi connectivity index (χ0) is 26.3. The predicted octanol–water partition coefficient (Wildman–Crippen LogP) is 2.99. The van der Waals surface area contributed by atoms with Crippen molar-refractivity contribution in [3.05, 3.63) is 54.6 Å². The lowest BCUT2D eigenvalue weighted by molar-refractivity contribution is -0.132. The molecule has 1 saturated heterocycles. The molecule has 4 heterocycles. The molecule has 3 aromatic rings. The van der Waals surface area contributed by atoms with Crippen LogP contribution in [0.4, 0.5) is 17.2 Å². The molecular formula is C27H33N7O4. The number of benzene rings is 1. The van der Waals surface area contributed by atoms with Gasteiger partial charge in [0, 0.05) is 69.0 Å². The van der Waals surface area contributed by atoms with E-state index in [1.54, 1.807) is 11.7 Å². The molecule has 0 atom stereocenters. The number of hydrogen-bond donors (Lipinski definition) is 3. The SMILES string of the molecule is O=C(CCCCC(=O)N1CCC=C(c2cn3ccnc3c(Nc3ccc(N4CCOCC4)cc3)n2)C1)NO. The van der Waals surface area contributed by atoms with Crippen LogP contribution < -0.4 is 15.7 Å². The number of hydrogen-bond acceptors (Lipinski definition) is 8. The average molecular weight is 520 g/mol. The summed E-state index contributed by atoms with van der Waals surface area (Å²) < 4.78 is 7.40. The van der Waals surface area contributed by atoms with E-state index >= 15 is 0 Å². The molecule has 2 aliphatic heterocycles. The van der Waals surface area contributed by atoms with Crippen molar-refractivity contribution in [2.75, 3.05) is 49.6 Å². The number of ether oxygens (including phenoxy) is 1. The maximum Gasteiger partial charge on any atom is 0.243 e. The Labute approximate surface area is 221 Å². The van der Waals surface area contributed by atoms with E-state index in [4.69, 9.17) is 14.9 Å². The minimum absolute atomic E-state index is 0.0578. The van der Waals surface area contributed by atoms with Gasteiger partial charge in [0.15, 0.2) is 11.5 Å². The van der Waals surface area contributed by atoms with E-state index in [1.807, 2.05) is 33.8 Å². The molecule has 38 heavy (non-hydrogen) atoms. The molecule has 2 amide bonds. The van der Waals surface area contributed by atoms with Crippen molar-refractivity contribution in [2.45, 2.75) is 32.1 Å². The van der Waals surface area contributed by atoms with Crippen molar-refractivity contribution in [1.29, 1.82) is 0 Å². The number of hydroxylamine groups is 1.